The molecule has 14 heteroatoms. The molecule has 1 saturated heterocycles. The van der Waals surface area contributed by atoms with Crippen LogP contribution in [0.5, 0.6) is 0 Å². The Balaban J connectivity index is 2.42. The molecule has 5 atom stereocenters. The molecule has 0 saturated carbocycles. The number of benzene rings is 1. The number of halogens is 3. The second-order valence-electron chi connectivity index (χ2n) is 7.41. The fraction of sp³-hybridized carbons (Fsp3) is 0.524. The van der Waals surface area contributed by atoms with Crippen molar-refractivity contribution in [1.29, 1.82) is 0 Å². The maximum absolute atomic E-state index is 12.8. The number of hydrogen-bond donors (Lipinski definition) is 1. The molecule has 1 aliphatic heterocycles. The number of esters is 1. The number of nitrogens with one attached hydrogen (secondary N) is 1. The van der Waals surface area contributed by atoms with Crippen LogP contribution >= 0.6 is 0 Å². The van der Waals surface area contributed by atoms with E-state index in [1.807, 2.05) is 0 Å². The van der Waals surface area contributed by atoms with Crippen molar-refractivity contribution in [3.63, 3.8) is 0 Å². The third-order valence-corrected chi connectivity index (χ3v) is 5.67. The highest BCUT2D eigenvalue weighted by Gasteiger charge is 2.52. The minimum atomic E-state index is -5.97. The second-order valence-corrected chi connectivity index (χ2v) is 9.02. The zero-order valence-corrected chi connectivity index (χ0v) is 19.7. The van der Waals surface area contributed by atoms with E-state index >= 15 is 0 Å². The van der Waals surface area contributed by atoms with Crippen LogP contribution < -0.4 is 5.32 Å². The van der Waals surface area contributed by atoms with Gasteiger partial charge in [-0.1, -0.05) is 36.4 Å². The monoisotopic (exact) mass is 525 g/mol. The molecule has 1 N–H and O–H groups in total. The second kappa shape index (κ2) is 12.4. The van der Waals surface area contributed by atoms with Gasteiger partial charge in [-0.3, -0.25) is 13.8 Å². The molecule has 0 aliphatic carbocycles. The molecule has 1 fully saturated rings. The van der Waals surface area contributed by atoms with Gasteiger partial charge in [-0.25, -0.2) is 0 Å². The molecular formula is C21H26F3NO9S. The Kier molecular flexibility index (Phi) is 10.2. The third kappa shape index (κ3) is 8.28. The Bertz CT molecular complexity index is 972. The molecule has 2 rings (SSSR count). The summed E-state index contributed by atoms with van der Waals surface area (Å²) in [7, 11) is -5.97. The summed E-state index contributed by atoms with van der Waals surface area (Å²) in [5, 5.41) is 2.52. The standard InChI is InChI=1S/C21H26F3NO9S/c1-4-10-30-20-17(25-13(2)26)19(33-14(3)27)18(31-11-15-8-6-5-7-9-15)16(34-20)12-32-35(28,29)21(22,23)24/h4-9,16-20H,1,10-12H2,2-3H3,(H,25,26)/t16-,17-,18-,19-,20+/m1/s1. The van der Waals surface area contributed by atoms with Gasteiger partial charge in [0.05, 0.1) is 19.8 Å². The van der Waals surface area contributed by atoms with E-state index < -0.39 is 64.8 Å². The number of ether oxygens (including phenoxy) is 4. The summed E-state index contributed by atoms with van der Waals surface area (Å²) in [5.74, 6) is -1.36. The van der Waals surface area contributed by atoms with Gasteiger partial charge in [-0.05, 0) is 5.56 Å². The van der Waals surface area contributed by atoms with Gasteiger partial charge >= 0.3 is 21.6 Å². The first kappa shape index (κ1) is 28.7. The van der Waals surface area contributed by atoms with Crippen LogP contribution in [-0.2, 0) is 49.4 Å². The first-order chi connectivity index (χ1) is 16.4. The minimum absolute atomic E-state index is 0.111. The summed E-state index contributed by atoms with van der Waals surface area (Å²) in [6.45, 7) is 4.38. The van der Waals surface area contributed by atoms with Gasteiger partial charge in [0.25, 0.3) is 0 Å². The van der Waals surface area contributed by atoms with Crippen LogP contribution in [0.15, 0.2) is 43.0 Å². The molecule has 0 radical (unpaired) electrons. The maximum Gasteiger partial charge on any atom is 0.523 e. The summed E-state index contributed by atoms with van der Waals surface area (Å²) >= 11 is 0. The van der Waals surface area contributed by atoms with E-state index in [0.29, 0.717) is 5.56 Å². The van der Waals surface area contributed by atoms with Crippen LogP contribution in [0.4, 0.5) is 13.2 Å². The third-order valence-electron chi connectivity index (χ3n) is 4.65. The van der Waals surface area contributed by atoms with Crippen molar-refractivity contribution in [2.24, 2.45) is 0 Å². The van der Waals surface area contributed by atoms with Crippen LogP contribution in [0.25, 0.3) is 0 Å². The Morgan fingerprint density at radius 3 is 2.34 bits per heavy atom. The molecule has 1 heterocycles. The Morgan fingerprint density at radius 2 is 1.80 bits per heavy atom. The number of rotatable bonds is 11. The fourth-order valence-electron chi connectivity index (χ4n) is 3.25. The number of carbonyl (C=O) groups is 2. The molecule has 1 aliphatic rings. The van der Waals surface area contributed by atoms with Crippen molar-refractivity contribution < 1.29 is 54.3 Å². The first-order valence-corrected chi connectivity index (χ1v) is 11.7. The maximum atomic E-state index is 12.8. The minimum Gasteiger partial charge on any atom is -0.457 e. The largest absolute Gasteiger partial charge is 0.523 e. The van der Waals surface area contributed by atoms with E-state index in [0.717, 1.165) is 6.92 Å². The quantitative estimate of drug-likeness (QED) is 0.199. The Morgan fingerprint density at radius 1 is 1.14 bits per heavy atom. The predicted octanol–water partition coefficient (Wildman–Crippen LogP) is 1.80. The lowest BCUT2D eigenvalue weighted by molar-refractivity contribution is -0.278. The van der Waals surface area contributed by atoms with Gasteiger partial charge in [0.1, 0.15) is 18.2 Å². The molecule has 1 aromatic carbocycles. The van der Waals surface area contributed by atoms with Crippen molar-refractivity contribution in [2.45, 2.75) is 56.6 Å². The first-order valence-electron chi connectivity index (χ1n) is 10.3. The average molecular weight is 525 g/mol. The summed E-state index contributed by atoms with van der Waals surface area (Å²) in [6.07, 6.45) is -4.25. The van der Waals surface area contributed by atoms with Crippen LogP contribution in [0, 0.1) is 0 Å². The molecule has 0 spiro atoms. The highest BCUT2D eigenvalue weighted by molar-refractivity contribution is 7.87. The molecule has 196 valence electrons. The molecule has 0 aromatic heterocycles. The van der Waals surface area contributed by atoms with E-state index in [-0.39, 0.29) is 13.2 Å². The highest BCUT2D eigenvalue weighted by atomic mass is 32.2. The number of alkyl halides is 3. The zero-order chi connectivity index (χ0) is 26.2. The van der Waals surface area contributed by atoms with Crippen LogP contribution in [-0.4, -0.2) is 69.7 Å². The van der Waals surface area contributed by atoms with E-state index in [9.17, 15) is 31.2 Å². The van der Waals surface area contributed by atoms with Crippen LogP contribution in [0.3, 0.4) is 0 Å². The lowest BCUT2D eigenvalue weighted by Gasteiger charge is -2.45. The van der Waals surface area contributed by atoms with E-state index in [1.165, 1.54) is 13.0 Å². The molecule has 10 nitrogen and oxygen atoms in total. The zero-order valence-electron chi connectivity index (χ0n) is 18.9. The van der Waals surface area contributed by atoms with Crippen molar-refractivity contribution >= 4 is 22.0 Å². The van der Waals surface area contributed by atoms with Crippen LogP contribution in [0.1, 0.15) is 19.4 Å². The van der Waals surface area contributed by atoms with E-state index in [2.05, 4.69) is 16.1 Å². The highest BCUT2D eigenvalue weighted by Crippen LogP contribution is 2.30. The van der Waals surface area contributed by atoms with Crippen molar-refractivity contribution in [3.05, 3.63) is 48.6 Å². The van der Waals surface area contributed by atoms with Gasteiger partial charge in [0.15, 0.2) is 12.4 Å². The topological polar surface area (TPSA) is 126 Å². The summed E-state index contributed by atoms with van der Waals surface area (Å²) in [5.41, 5.74) is -5.02. The number of carbonyl (C=O) groups excluding carboxylic acids is 2. The van der Waals surface area contributed by atoms with Crippen molar-refractivity contribution in [1.82, 2.24) is 5.32 Å². The fourth-order valence-corrected chi connectivity index (χ4v) is 3.70. The van der Waals surface area contributed by atoms with Gasteiger partial charge in [-0.2, -0.15) is 21.6 Å². The smallest absolute Gasteiger partial charge is 0.457 e. The summed E-state index contributed by atoms with van der Waals surface area (Å²) in [6, 6.07) is 7.43. The molecule has 0 unspecified atom stereocenters. The van der Waals surface area contributed by atoms with Crippen molar-refractivity contribution in [3.8, 4) is 0 Å². The Labute approximate surface area is 200 Å². The molecule has 1 aromatic rings. The SMILES string of the molecule is C=CCO[C@H]1O[C@H](COS(=O)(=O)C(F)(F)F)[C@@H](OCc2ccccc2)[C@H](OC(C)=O)[C@H]1NC(C)=O. The lowest BCUT2D eigenvalue weighted by atomic mass is 9.96. The number of hydrogen-bond acceptors (Lipinski definition) is 9. The Hall–Kier alpha value is -2.52. The molecular weight excluding hydrogens is 499 g/mol. The van der Waals surface area contributed by atoms with Gasteiger partial charge in [0, 0.05) is 13.8 Å². The molecule has 35 heavy (non-hydrogen) atoms. The van der Waals surface area contributed by atoms with E-state index in [1.54, 1.807) is 30.3 Å². The van der Waals surface area contributed by atoms with Crippen LogP contribution in [0.2, 0.25) is 0 Å². The molecule has 1 amide bonds. The van der Waals surface area contributed by atoms with Gasteiger partial charge in [0.2, 0.25) is 5.91 Å². The number of amides is 1. The van der Waals surface area contributed by atoms with Gasteiger partial charge in [-0.15, -0.1) is 6.58 Å². The summed E-state index contributed by atoms with van der Waals surface area (Å²) in [4.78, 5) is 23.7. The summed E-state index contributed by atoms with van der Waals surface area (Å²) < 4.78 is 87.9. The van der Waals surface area contributed by atoms with E-state index in [4.69, 9.17) is 18.9 Å². The molecule has 0 bridgehead atoms. The lowest BCUT2D eigenvalue weighted by Crippen LogP contribution is -2.66. The van der Waals surface area contributed by atoms with Gasteiger partial charge < -0.3 is 24.3 Å². The normalized spacial score (nSPS) is 25.0. The average Bonchev–Trinajstić information content (AvgIpc) is 2.76. The predicted molar refractivity (Wildman–Crippen MR) is 114 cm³/mol. The van der Waals surface area contributed by atoms with Crippen molar-refractivity contribution in [2.75, 3.05) is 13.2 Å².